The maximum atomic E-state index is 11.7. The maximum Gasteiger partial charge on any atom is 0.303 e. The van der Waals surface area contributed by atoms with Crippen LogP contribution in [0, 0.1) is 11.8 Å². The fourth-order valence-electron chi connectivity index (χ4n) is 6.02. The van der Waals surface area contributed by atoms with Crippen LogP contribution in [0.1, 0.15) is 69.4 Å². The lowest BCUT2D eigenvalue weighted by Crippen LogP contribution is -2.42. The van der Waals surface area contributed by atoms with Crippen LogP contribution >= 0.6 is 11.8 Å². The molecule has 36 heavy (non-hydrogen) atoms. The molecule has 1 aromatic heterocycles. The zero-order valence-corrected chi connectivity index (χ0v) is 22.2. The Morgan fingerprint density at radius 2 is 2.06 bits per heavy atom. The third kappa shape index (κ3) is 7.34. The van der Waals surface area contributed by atoms with E-state index in [2.05, 4.69) is 27.1 Å². The molecule has 0 bridgehead atoms. The van der Waals surface area contributed by atoms with E-state index in [1.807, 2.05) is 24.3 Å². The van der Waals surface area contributed by atoms with Crippen molar-refractivity contribution < 1.29 is 19.8 Å². The molecule has 2 aliphatic rings. The van der Waals surface area contributed by atoms with Crippen molar-refractivity contribution in [1.29, 1.82) is 0 Å². The van der Waals surface area contributed by atoms with Gasteiger partial charge in [0.05, 0.1) is 18.7 Å². The first-order valence-corrected chi connectivity index (χ1v) is 14.5. The number of likely N-dealkylation sites (tertiary alicyclic amines) is 1. The highest BCUT2D eigenvalue weighted by molar-refractivity contribution is 7.99. The van der Waals surface area contributed by atoms with Crippen LogP contribution in [0.25, 0.3) is 10.9 Å². The lowest BCUT2D eigenvalue weighted by Gasteiger charge is -2.39. The average molecular weight is 516 g/mol. The molecule has 4 rings (SSSR count). The van der Waals surface area contributed by atoms with E-state index in [0.29, 0.717) is 5.92 Å². The summed E-state index contributed by atoms with van der Waals surface area (Å²) in [5.41, 5.74) is 4.35. The lowest BCUT2D eigenvalue weighted by molar-refractivity contribution is -0.139. The van der Waals surface area contributed by atoms with Gasteiger partial charge in [-0.1, -0.05) is 19.3 Å². The summed E-state index contributed by atoms with van der Waals surface area (Å²) in [6.07, 6.45) is 11.4. The Balaban J connectivity index is 1.35. The average Bonchev–Trinajstić information content (AvgIpc) is 2.90. The van der Waals surface area contributed by atoms with Gasteiger partial charge in [-0.05, 0) is 80.3 Å². The van der Waals surface area contributed by atoms with Crippen LogP contribution in [0.2, 0.25) is 0 Å². The second-order valence-electron chi connectivity index (χ2n) is 10.4. The predicted octanol–water partition coefficient (Wildman–Crippen LogP) is 5.52. The molecule has 2 fully saturated rings. The van der Waals surface area contributed by atoms with Crippen molar-refractivity contribution in [3.05, 3.63) is 36.0 Å². The Morgan fingerprint density at radius 3 is 2.81 bits per heavy atom. The highest BCUT2D eigenvalue weighted by Gasteiger charge is 2.31. The number of fused-ring (bicyclic) bond motifs is 1. The minimum Gasteiger partial charge on any atom is -0.497 e. The van der Waals surface area contributed by atoms with Crippen molar-refractivity contribution >= 4 is 28.6 Å². The molecule has 1 aliphatic heterocycles. The number of benzene rings is 1. The number of rotatable bonds is 12. The molecule has 1 saturated carbocycles. The van der Waals surface area contributed by atoms with Crippen LogP contribution in [-0.4, -0.2) is 63.9 Å². The van der Waals surface area contributed by atoms with E-state index < -0.39 is 5.97 Å². The minimum atomic E-state index is -0.715. The molecule has 0 spiro atoms. The second kappa shape index (κ2) is 13.6. The number of hydroxylamine groups is 1. The first kappa shape index (κ1) is 27.2. The van der Waals surface area contributed by atoms with Gasteiger partial charge in [-0.2, -0.15) is 17.2 Å². The lowest BCUT2D eigenvalue weighted by atomic mass is 9.79. The van der Waals surface area contributed by atoms with Crippen LogP contribution in [-0.2, 0) is 4.79 Å². The fourth-order valence-corrected chi connectivity index (χ4v) is 7.39. The number of pyridine rings is 1. The predicted molar refractivity (Wildman–Crippen MR) is 145 cm³/mol. The molecular weight excluding hydrogens is 474 g/mol. The number of carbonyl (C=O) groups is 1. The molecule has 8 heteroatoms. The number of hydrogen-bond donors (Lipinski definition) is 3. The van der Waals surface area contributed by atoms with Gasteiger partial charge in [0.2, 0.25) is 0 Å². The molecule has 1 saturated heterocycles. The Labute approximate surface area is 219 Å². The largest absolute Gasteiger partial charge is 0.497 e. The highest BCUT2D eigenvalue weighted by atomic mass is 32.2. The van der Waals surface area contributed by atoms with Crippen LogP contribution in [0.4, 0.5) is 0 Å². The number of methoxy groups -OCH3 is 1. The third-order valence-corrected chi connectivity index (χ3v) is 9.43. The van der Waals surface area contributed by atoms with E-state index in [0.717, 1.165) is 72.1 Å². The number of carboxylic acid groups (broad SMARTS) is 1. The van der Waals surface area contributed by atoms with E-state index in [1.54, 1.807) is 13.3 Å². The molecule has 7 nitrogen and oxygen atoms in total. The number of nitrogens with one attached hydrogen (secondary N) is 1. The van der Waals surface area contributed by atoms with Gasteiger partial charge in [0, 0.05) is 42.1 Å². The molecule has 0 unspecified atom stereocenters. The highest BCUT2D eigenvalue weighted by Crippen LogP contribution is 2.35. The summed E-state index contributed by atoms with van der Waals surface area (Å²) < 4.78 is 5.40. The Kier molecular flexibility index (Phi) is 10.3. The molecule has 1 aliphatic carbocycles. The minimum absolute atomic E-state index is 0.143. The van der Waals surface area contributed by atoms with E-state index in [-0.39, 0.29) is 18.4 Å². The van der Waals surface area contributed by atoms with Crippen LogP contribution in [0.3, 0.4) is 0 Å². The summed E-state index contributed by atoms with van der Waals surface area (Å²) in [7, 11) is 1.64. The number of nitrogens with zero attached hydrogens (tertiary/aromatic N) is 2. The van der Waals surface area contributed by atoms with Gasteiger partial charge in [0.25, 0.3) is 0 Å². The number of aliphatic carboxylic acids is 1. The van der Waals surface area contributed by atoms with E-state index in [9.17, 15) is 15.1 Å². The molecule has 1 aromatic carbocycles. The summed E-state index contributed by atoms with van der Waals surface area (Å²) in [5, 5.41) is 21.4. The topological polar surface area (TPSA) is 94.9 Å². The summed E-state index contributed by atoms with van der Waals surface area (Å²) in [5.74, 6) is 1.66. The van der Waals surface area contributed by atoms with Gasteiger partial charge < -0.3 is 20.0 Å². The van der Waals surface area contributed by atoms with Crippen molar-refractivity contribution in [1.82, 2.24) is 15.4 Å². The number of aromatic nitrogens is 1. The van der Waals surface area contributed by atoms with Gasteiger partial charge in [-0.15, -0.1) is 0 Å². The summed E-state index contributed by atoms with van der Waals surface area (Å²) in [6.45, 7) is 2.93. The second-order valence-corrected chi connectivity index (χ2v) is 11.8. The van der Waals surface area contributed by atoms with Gasteiger partial charge in [0.15, 0.2) is 0 Å². The summed E-state index contributed by atoms with van der Waals surface area (Å²) >= 11 is 2.12. The first-order valence-electron chi connectivity index (χ1n) is 13.5. The zero-order valence-electron chi connectivity index (χ0n) is 21.4. The quantitative estimate of drug-likeness (QED) is 0.318. The van der Waals surface area contributed by atoms with Gasteiger partial charge in [-0.3, -0.25) is 9.78 Å². The van der Waals surface area contributed by atoms with E-state index in [1.165, 1.54) is 32.1 Å². The summed E-state index contributed by atoms with van der Waals surface area (Å²) in [6, 6.07) is 7.46. The van der Waals surface area contributed by atoms with E-state index >= 15 is 0 Å². The normalized spacial score (nSPS) is 22.5. The van der Waals surface area contributed by atoms with Crippen molar-refractivity contribution in [2.24, 2.45) is 11.8 Å². The Hall–Kier alpha value is -1.87. The van der Waals surface area contributed by atoms with Crippen molar-refractivity contribution in [3.63, 3.8) is 0 Å². The molecule has 3 atom stereocenters. The number of hydrogen-bond acceptors (Lipinski definition) is 7. The van der Waals surface area contributed by atoms with Crippen molar-refractivity contribution in [3.8, 4) is 5.75 Å². The molecular formula is C28H41N3O4S. The first-order chi connectivity index (χ1) is 17.6. The Bertz CT molecular complexity index is 984. The fraction of sp³-hybridized carbons (Fsp3) is 0.643. The van der Waals surface area contributed by atoms with Crippen LogP contribution in [0.15, 0.2) is 30.5 Å². The molecule has 0 radical (unpaired) electrons. The zero-order chi connectivity index (χ0) is 25.3. The van der Waals surface area contributed by atoms with Crippen LogP contribution in [0.5, 0.6) is 5.75 Å². The van der Waals surface area contributed by atoms with Crippen molar-refractivity contribution in [2.75, 3.05) is 32.5 Å². The standard InChI is InChI=1S/C28H41N3O4S/c1-35-22-8-10-26-25(18-22)24(11-13-29-26)27(30-34)9-7-20-12-14-31(19-21(20)17-28(32)33)15-16-36-23-5-3-2-4-6-23/h8,10-11,13,18,20-21,23,27,30,34H,2-7,9,12,14-17,19H2,1H3,(H,32,33)/t20-,21+,27-/m1/s1. The number of thioether (sulfide) groups is 1. The SMILES string of the molecule is COc1ccc2nccc([C@@H](CC[C@@H]3CCN(CCSC4CCCCC4)C[C@@H]3CC(=O)O)NO)c2c1. The number of piperidine rings is 1. The molecule has 2 aromatic rings. The molecule has 3 N–H and O–H groups in total. The summed E-state index contributed by atoms with van der Waals surface area (Å²) in [4.78, 5) is 18.6. The molecule has 2 heterocycles. The van der Waals surface area contributed by atoms with E-state index in [4.69, 9.17) is 4.74 Å². The molecule has 0 amide bonds. The molecule has 198 valence electrons. The monoisotopic (exact) mass is 515 g/mol. The smallest absolute Gasteiger partial charge is 0.303 e. The van der Waals surface area contributed by atoms with Crippen LogP contribution < -0.4 is 10.2 Å². The van der Waals surface area contributed by atoms with Gasteiger partial charge in [-0.25, -0.2) is 0 Å². The van der Waals surface area contributed by atoms with Crippen molar-refractivity contribution in [2.45, 2.75) is 69.1 Å². The van der Waals surface area contributed by atoms with Gasteiger partial charge in [0.1, 0.15) is 5.75 Å². The number of carboxylic acids is 1. The third-order valence-electron chi connectivity index (χ3n) is 8.07. The number of ether oxygens (including phenoxy) is 1. The van der Waals surface area contributed by atoms with Gasteiger partial charge >= 0.3 is 5.97 Å². The Morgan fingerprint density at radius 1 is 1.22 bits per heavy atom. The maximum absolute atomic E-state index is 11.7.